The predicted octanol–water partition coefficient (Wildman–Crippen LogP) is -1.68. The van der Waals surface area contributed by atoms with Crippen LogP contribution in [0.1, 0.15) is 10.4 Å². The smallest absolute Gasteiger partial charge is 0.243 e. The quantitative estimate of drug-likeness (QED) is 0.642. The summed E-state index contributed by atoms with van der Waals surface area (Å²) in [5.74, 6) is -1.38. The minimum atomic E-state index is -3.77. The Morgan fingerprint density at radius 1 is 0.955 bits per heavy atom. The van der Waals surface area contributed by atoms with Gasteiger partial charge in [-0.1, -0.05) is 12.1 Å². The molecule has 1 aromatic carbocycles. The molecule has 1 aliphatic rings. The van der Waals surface area contributed by atoms with Crippen molar-refractivity contribution in [2.75, 3.05) is 32.4 Å². The van der Waals surface area contributed by atoms with Crippen LogP contribution in [0.2, 0.25) is 0 Å². The first-order valence-electron chi connectivity index (χ1n) is 6.39. The lowest BCUT2D eigenvalue weighted by atomic mass is 10.2. The second-order valence-corrected chi connectivity index (χ2v) is 8.80. The van der Waals surface area contributed by atoms with Crippen molar-refractivity contribution in [2.45, 2.75) is 4.90 Å². The Balaban J connectivity index is 2.16. The van der Waals surface area contributed by atoms with Crippen LogP contribution < -0.4 is 5.11 Å². The van der Waals surface area contributed by atoms with E-state index in [1.54, 1.807) is 0 Å². The minimum Gasteiger partial charge on any atom is -0.545 e. The standard InChI is InChI=1S/C12H16N2O6S2/c1-21(17,18)13-6-8-14(9-7-13)22(19,20)11-4-2-10(3-5-11)12(15)16/h2-5H,6-9H2,1H3,(H,15,16)/p-1. The monoisotopic (exact) mass is 347 g/mol. The van der Waals surface area contributed by atoms with Crippen LogP contribution in [-0.4, -0.2) is 63.9 Å². The molecule has 122 valence electrons. The van der Waals surface area contributed by atoms with Gasteiger partial charge < -0.3 is 9.90 Å². The molecule has 0 spiro atoms. The summed E-state index contributed by atoms with van der Waals surface area (Å²) in [5.41, 5.74) is -0.110. The molecule has 1 aliphatic heterocycles. The Kier molecular flexibility index (Phi) is 4.57. The second-order valence-electron chi connectivity index (χ2n) is 4.88. The molecule has 0 aliphatic carbocycles. The van der Waals surface area contributed by atoms with Crippen molar-refractivity contribution in [1.29, 1.82) is 0 Å². The van der Waals surface area contributed by atoms with E-state index in [0.717, 1.165) is 18.4 Å². The molecule has 0 aromatic heterocycles. The maximum atomic E-state index is 12.4. The van der Waals surface area contributed by atoms with E-state index in [1.165, 1.54) is 20.7 Å². The fourth-order valence-electron chi connectivity index (χ4n) is 2.15. The maximum absolute atomic E-state index is 12.4. The Bertz CT molecular complexity index is 762. The number of rotatable bonds is 4. The van der Waals surface area contributed by atoms with Gasteiger partial charge in [0.1, 0.15) is 0 Å². The maximum Gasteiger partial charge on any atom is 0.243 e. The van der Waals surface area contributed by atoms with Crippen molar-refractivity contribution >= 4 is 26.0 Å². The third kappa shape index (κ3) is 3.46. The highest BCUT2D eigenvalue weighted by atomic mass is 32.2. The topological polar surface area (TPSA) is 115 Å². The molecule has 0 bridgehead atoms. The van der Waals surface area contributed by atoms with E-state index >= 15 is 0 Å². The molecule has 0 unspecified atom stereocenters. The molecular weight excluding hydrogens is 332 g/mol. The number of nitrogens with zero attached hydrogens (tertiary/aromatic N) is 2. The van der Waals surface area contributed by atoms with Gasteiger partial charge in [-0.05, 0) is 17.7 Å². The molecule has 22 heavy (non-hydrogen) atoms. The van der Waals surface area contributed by atoms with E-state index in [-0.39, 0.29) is 36.6 Å². The van der Waals surface area contributed by atoms with Crippen LogP contribution in [0.25, 0.3) is 0 Å². The molecule has 2 rings (SSSR count). The first-order chi connectivity index (χ1) is 10.1. The molecule has 1 heterocycles. The highest BCUT2D eigenvalue weighted by Gasteiger charge is 2.31. The lowest BCUT2D eigenvalue weighted by Gasteiger charge is -2.32. The van der Waals surface area contributed by atoms with Crippen LogP contribution in [0.15, 0.2) is 29.2 Å². The largest absolute Gasteiger partial charge is 0.545 e. The number of aromatic carboxylic acids is 1. The molecule has 1 fully saturated rings. The summed E-state index contributed by atoms with van der Waals surface area (Å²) in [6.07, 6.45) is 1.08. The van der Waals surface area contributed by atoms with Crippen molar-refractivity contribution < 1.29 is 26.7 Å². The Morgan fingerprint density at radius 3 is 1.82 bits per heavy atom. The van der Waals surface area contributed by atoms with Gasteiger partial charge in [0.25, 0.3) is 0 Å². The number of carbonyl (C=O) groups is 1. The zero-order chi connectivity index (χ0) is 16.5. The molecule has 8 nitrogen and oxygen atoms in total. The third-order valence-corrected chi connectivity index (χ3v) is 6.61. The number of hydrogen-bond donors (Lipinski definition) is 0. The fourth-order valence-corrected chi connectivity index (χ4v) is 4.40. The Hall–Kier alpha value is -1.49. The van der Waals surface area contributed by atoms with Crippen molar-refractivity contribution in [3.05, 3.63) is 29.8 Å². The number of carbonyl (C=O) groups excluding carboxylic acids is 1. The SMILES string of the molecule is CS(=O)(=O)N1CCN(S(=O)(=O)c2ccc(C(=O)[O-])cc2)CC1. The average Bonchev–Trinajstić information content (AvgIpc) is 2.46. The van der Waals surface area contributed by atoms with E-state index in [9.17, 15) is 26.7 Å². The van der Waals surface area contributed by atoms with Crippen LogP contribution in [0.4, 0.5) is 0 Å². The molecule has 0 amide bonds. The number of sulfonamides is 2. The highest BCUT2D eigenvalue weighted by Crippen LogP contribution is 2.19. The molecule has 10 heteroatoms. The first kappa shape index (κ1) is 16.9. The molecule has 0 radical (unpaired) electrons. The summed E-state index contributed by atoms with van der Waals surface area (Å²) in [7, 11) is -7.11. The summed E-state index contributed by atoms with van der Waals surface area (Å²) in [6, 6.07) is 4.72. The summed E-state index contributed by atoms with van der Waals surface area (Å²) < 4.78 is 50.1. The van der Waals surface area contributed by atoms with Crippen molar-refractivity contribution in [3.8, 4) is 0 Å². The van der Waals surface area contributed by atoms with Gasteiger partial charge in [-0.2, -0.15) is 8.61 Å². The number of benzene rings is 1. The number of carboxylic acid groups (broad SMARTS) is 1. The number of hydrogen-bond acceptors (Lipinski definition) is 6. The van der Waals surface area contributed by atoms with E-state index in [1.807, 2.05) is 0 Å². The van der Waals surface area contributed by atoms with Gasteiger partial charge in [-0.15, -0.1) is 0 Å². The van der Waals surface area contributed by atoms with Crippen molar-refractivity contribution in [1.82, 2.24) is 8.61 Å². The van der Waals surface area contributed by atoms with Crippen molar-refractivity contribution in [3.63, 3.8) is 0 Å². The normalized spacial score (nSPS) is 18.2. The van der Waals surface area contributed by atoms with Gasteiger partial charge in [-0.3, -0.25) is 0 Å². The molecule has 1 saturated heterocycles. The third-order valence-electron chi connectivity index (χ3n) is 3.39. The minimum absolute atomic E-state index is 0.0368. The van der Waals surface area contributed by atoms with Crippen LogP contribution in [0, 0.1) is 0 Å². The summed E-state index contributed by atoms with van der Waals surface area (Å²) in [6.45, 7) is 0.291. The van der Waals surface area contributed by atoms with E-state index in [4.69, 9.17) is 0 Å². The van der Waals surface area contributed by atoms with E-state index < -0.39 is 26.0 Å². The Morgan fingerprint density at radius 2 is 1.41 bits per heavy atom. The van der Waals surface area contributed by atoms with Gasteiger partial charge >= 0.3 is 0 Å². The average molecular weight is 347 g/mol. The zero-order valence-corrected chi connectivity index (χ0v) is 13.4. The molecule has 0 atom stereocenters. The van der Waals surface area contributed by atoms with Gasteiger partial charge in [0, 0.05) is 26.2 Å². The van der Waals surface area contributed by atoms with Crippen LogP contribution >= 0.6 is 0 Å². The van der Waals surface area contributed by atoms with E-state index in [0.29, 0.717) is 0 Å². The fraction of sp³-hybridized carbons (Fsp3) is 0.417. The Labute approximate surface area is 129 Å². The van der Waals surface area contributed by atoms with Gasteiger partial charge in [0.2, 0.25) is 20.0 Å². The number of piperazine rings is 1. The predicted molar refractivity (Wildman–Crippen MR) is 75.9 cm³/mol. The van der Waals surface area contributed by atoms with Crippen molar-refractivity contribution in [2.24, 2.45) is 0 Å². The second kappa shape index (κ2) is 5.95. The van der Waals surface area contributed by atoms with Crippen LogP contribution in [0.3, 0.4) is 0 Å². The highest BCUT2D eigenvalue weighted by molar-refractivity contribution is 7.89. The molecular formula is C12H15N2O6S2-. The van der Waals surface area contributed by atoms with Gasteiger partial charge in [0.05, 0.1) is 17.1 Å². The van der Waals surface area contributed by atoms with Crippen LogP contribution in [0.5, 0.6) is 0 Å². The summed E-state index contributed by atoms with van der Waals surface area (Å²) >= 11 is 0. The van der Waals surface area contributed by atoms with Gasteiger partial charge in [0.15, 0.2) is 0 Å². The summed E-state index contributed by atoms with van der Waals surface area (Å²) in [5, 5.41) is 10.7. The van der Waals surface area contributed by atoms with Gasteiger partial charge in [-0.25, -0.2) is 16.8 Å². The lowest BCUT2D eigenvalue weighted by Crippen LogP contribution is -2.50. The van der Waals surface area contributed by atoms with E-state index in [2.05, 4.69) is 0 Å². The zero-order valence-electron chi connectivity index (χ0n) is 11.8. The lowest BCUT2D eigenvalue weighted by molar-refractivity contribution is -0.255. The molecule has 0 saturated carbocycles. The molecule has 0 N–H and O–H groups in total. The van der Waals surface area contributed by atoms with Crippen LogP contribution in [-0.2, 0) is 20.0 Å². The first-order valence-corrected chi connectivity index (χ1v) is 9.68. The number of carboxylic acids is 1. The molecule has 1 aromatic rings. The summed E-state index contributed by atoms with van der Waals surface area (Å²) in [4.78, 5) is 10.6.